The summed E-state index contributed by atoms with van der Waals surface area (Å²) in [6.45, 7) is 5.89. The van der Waals surface area contributed by atoms with Gasteiger partial charge in [-0.3, -0.25) is 9.69 Å². The molecule has 4 nitrogen and oxygen atoms in total. The fraction of sp³-hybridized carbons (Fsp3) is 0.350. The first-order valence-electron chi connectivity index (χ1n) is 8.79. The van der Waals surface area contributed by atoms with Crippen LogP contribution in [-0.2, 0) is 4.79 Å². The van der Waals surface area contributed by atoms with E-state index >= 15 is 0 Å². The summed E-state index contributed by atoms with van der Waals surface area (Å²) < 4.78 is 1.04. The molecular weight excluding hydrogens is 414 g/mol. The number of hydrogen-bond acceptors (Lipinski definition) is 3. The van der Waals surface area contributed by atoms with E-state index in [9.17, 15) is 4.79 Å². The third-order valence-electron chi connectivity index (χ3n) is 4.68. The van der Waals surface area contributed by atoms with Gasteiger partial charge in [0.05, 0.1) is 23.3 Å². The van der Waals surface area contributed by atoms with Crippen LogP contribution in [0.3, 0.4) is 0 Å². The maximum atomic E-state index is 12.4. The van der Waals surface area contributed by atoms with Crippen molar-refractivity contribution in [2.75, 3.05) is 37.6 Å². The summed E-state index contributed by atoms with van der Waals surface area (Å²) in [5.74, 6) is 0.0617. The van der Waals surface area contributed by atoms with E-state index in [-0.39, 0.29) is 11.9 Å². The Morgan fingerprint density at radius 1 is 1.12 bits per heavy atom. The molecule has 1 amide bonds. The molecule has 3 rings (SSSR count). The van der Waals surface area contributed by atoms with E-state index in [1.54, 1.807) is 0 Å². The predicted molar refractivity (Wildman–Crippen MR) is 111 cm³/mol. The van der Waals surface area contributed by atoms with E-state index in [1.165, 1.54) is 0 Å². The van der Waals surface area contributed by atoms with Gasteiger partial charge in [-0.2, -0.15) is 0 Å². The highest BCUT2D eigenvalue weighted by Crippen LogP contribution is 2.26. The molecule has 2 aromatic rings. The number of nitrogens with one attached hydrogen (secondary N) is 1. The molecule has 1 fully saturated rings. The van der Waals surface area contributed by atoms with Gasteiger partial charge in [0.2, 0.25) is 5.91 Å². The number of amides is 1. The third-order valence-corrected chi connectivity index (χ3v) is 5.53. The molecule has 6 heteroatoms. The van der Waals surface area contributed by atoms with Crippen LogP contribution < -0.4 is 10.2 Å². The molecule has 1 N–H and O–H groups in total. The lowest BCUT2D eigenvalue weighted by Crippen LogP contribution is -2.49. The van der Waals surface area contributed by atoms with Crippen molar-refractivity contribution in [3.63, 3.8) is 0 Å². The SMILES string of the molecule is CC(NC(=O)CN1CCN(c2ccccc2Cl)CC1)c1ccc(Br)cc1. The van der Waals surface area contributed by atoms with Gasteiger partial charge in [-0.05, 0) is 36.8 Å². The summed E-state index contributed by atoms with van der Waals surface area (Å²) in [5, 5.41) is 3.86. The fourth-order valence-electron chi connectivity index (χ4n) is 3.18. The molecule has 26 heavy (non-hydrogen) atoms. The van der Waals surface area contributed by atoms with Crippen molar-refractivity contribution in [3.05, 3.63) is 63.6 Å². The molecule has 1 heterocycles. The number of para-hydroxylation sites is 1. The standard InChI is InChI=1S/C20H23BrClN3O/c1-15(16-6-8-17(21)9-7-16)23-20(26)14-24-10-12-25(13-11-24)19-5-3-2-4-18(19)22/h2-9,15H,10-14H2,1H3,(H,23,26). The molecule has 1 saturated heterocycles. The minimum Gasteiger partial charge on any atom is -0.368 e. The quantitative estimate of drug-likeness (QED) is 0.766. The van der Waals surface area contributed by atoms with Gasteiger partial charge in [-0.15, -0.1) is 0 Å². The Morgan fingerprint density at radius 3 is 2.42 bits per heavy atom. The van der Waals surface area contributed by atoms with Crippen LogP contribution in [-0.4, -0.2) is 43.5 Å². The normalized spacial score (nSPS) is 16.3. The number of piperazine rings is 1. The molecule has 0 aromatic heterocycles. The van der Waals surface area contributed by atoms with Crippen LogP contribution in [0.25, 0.3) is 0 Å². The average Bonchev–Trinajstić information content (AvgIpc) is 2.63. The summed E-state index contributed by atoms with van der Waals surface area (Å²) in [5.41, 5.74) is 2.17. The van der Waals surface area contributed by atoms with Crippen molar-refractivity contribution in [3.8, 4) is 0 Å². The van der Waals surface area contributed by atoms with Gasteiger partial charge in [0, 0.05) is 30.7 Å². The molecule has 2 aromatic carbocycles. The maximum Gasteiger partial charge on any atom is 0.234 e. The molecule has 0 radical (unpaired) electrons. The van der Waals surface area contributed by atoms with Crippen LogP contribution in [0.15, 0.2) is 53.0 Å². The smallest absolute Gasteiger partial charge is 0.234 e. The second kappa shape index (κ2) is 8.89. The largest absolute Gasteiger partial charge is 0.368 e. The van der Waals surface area contributed by atoms with E-state index < -0.39 is 0 Å². The third kappa shape index (κ3) is 5.00. The van der Waals surface area contributed by atoms with Gasteiger partial charge >= 0.3 is 0 Å². The number of carbonyl (C=O) groups excluding carboxylic acids is 1. The van der Waals surface area contributed by atoms with Gasteiger partial charge in [-0.25, -0.2) is 0 Å². The summed E-state index contributed by atoms with van der Waals surface area (Å²) in [6, 6.07) is 15.9. The van der Waals surface area contributed by atoms with Crippen LogP contribution in [0.4, 0.5) is 5.69 Å². The van der Waals surface area contributed by atoms with E-state index in [0.29, 0.717) is 6.54 Å². The fourth-order valence-corrected chi connectivity index (χ4v) is 3.70. The number of anilines is 1. The van der Waals surface area contributed by atoms with Gasteiger partial charge in [0.25, 0.3) is 0 Å². The molecule has 1 aliphatic rings. The first-order chi connectivity index (χ1) is 12.5. The Kier molecular flexibility index (Phi) is 6.57. The number of benzene rings is 2. The zero-order valence-corrected chi connectivity index (χ0v) is 17.1. The first kappa shape index (κ1) is 19.2. The van der Waals surface area contributed by atoms with Crippen LogP contribution in [0.5, 0.6) is 0 Å². The van der Waals surface area contributed by atoms with Crippen LogP contribution in [0.2, 0.25) is 5.02 Å². The number of halogens is 2. The number of rotatable bonds is 5. The van der Waals surface area contributed by atoms with Crippen LogP contribution >= 0.6 is 27.5 Å². The Labute approximate surface area is 168 Å². The molecule has 1 unspecified atom stereocenters. The predicted octanol–water partition coefficient (Wildman–Crippen LogP) is 4.10. The van der Waals surface area contributed by atoms with Crippen molar-refractivity contribution in [2.45, 2.75) is 13.0 Å². The molecule has 1 aliphatic heterocycles. The zero-order chi connectivity index (χ0) is 18.5. The number of hydrogen-bond donors (Lipinski definition) is 1. The van der Waals surface area contributed by atoms with Gasteiger partial charge in [-0.1, -0.05) is 51.8 Å². The topological polar surface area (TPSA) is 35.6 Å². The molecule has 0 aliphatic carbocycles. The molecule has 0 spiro atoms. The van der Waals surface area contributed by atoms with Crippen molar-refractivity contribution >= 4 is 39.1 Å². The Bertz CT molecular complexity index is 745. The van der Waals surface area contributed by atoms with Gasteiger partial charge in [0.1, 0.15) is 0 Å². The summed E-state index contributed by atoms with van der Waals surface area (Å²) in [7, 11) is 0. The van der Waals surface area contributed by atoms with E-state index in [4.69, 9.17) is 11.6 Å². The summed E-state index contributed by atoms with van der Waals surface area (Å²) >= 11 is 9.71. The monoisotopic (exact) mass is 435 g/mol. The van der Waals surface area contributed by atoms with Crippen molar-refractivity contribution < 1.29 is 4.79 Å². The first-order valence-corrected chi connectivity index (χ1v) is 9.96. The second-order valence-corrected chi connectivity index (χ2v) is 7.88. The van der Waals surface area contributed by atoms with Crippen molar-refractivity contribution in [1.29, 1.82) is 0 Å². The molecule has 0 bridgehead atoms. The van der Waals surface area contributed by atoms with Gasteiger partial charge < -0.3 is 10.2 Å². The van der Waals surface area contributed by atoms with E-state index in [1.807, 2.05) is 55.5 Å². The molecular formula is C20H23BrClN3O. The number of carbonyl (C=O) groups is 1. The highest BCUT2D eigenvalue weighted by atomic mass is 79.9. The Balaban J connectivity index is 1.47. The van der Waals surface area contributed by atoms with Gasteiger partial charge in [0.15, 0.2) is 0 Å². The highest BCUT2D eigenvalue weighted by molar-refractivity contribution is 9.10. The minimum absolute atomic E-state index is 0.0000133. The molecule has 138 valence electrons. The zero-order valence-electron chi connectivity index (χ0n) is 14.8. The lowest BCUT2D eigenvalue weighted by Gasteiger charge is -2.36. The Hall–Kier alpha value is -1.56. The lowest BCUT2D eigenvalue weighted by molar-refractivity contribution is -0.123. The summed E-state index contributed by atoms with van der Waals surface area (Å²) in [6.07, 6.45) is 0. The van der Waals surface area contributed by atoms with Crippen LogP contribution in [0, 0.1) is 0 Å². The lowest BCUT2D eigenvalue weighted by atomic mass is 10.1. The highest BCUT2D eigenvalue weighted by Gasteiger charge is 2.21. The van der Waals surface area contributed by atoms with Crippen molar-refractivity contribution in [1.82, 2.24) is 10.2 Å². The van der Waals surface area contributed by atoms with Crippen LogP contribution in [0.1, 0.15) is 18.5 Å². The van der Waals surface area contributed by atoms with Crippen molar-refractivity contribution in [2.24, 2.45) is 0 Å². The second-order valence-electron chi connectivity index (χ2n) is 6.56. The average molecular weight is 437 g/mol. The number of nitrogens with zero attached hydrogens (tertiary/aromatic N) is 2. The minimum atomic E-state index is 0.0000133. The van der Waals surface area contributed by atoms with E-state index in [0.717, 1.165) is 46.9 Å². The Morgan fingerprint density at radius 2 is 1.77 bits per heavy atom. The maximum absolute atomic E-state index is 12.4. The molecule has 1 atom stereocenters. The molecule has 0 saturated carbocycles. The van der Waals surface area contributed by atoms with E-state index in [2.05, 4.69) is 31.0 Å². The summed E-state index contributed by atoms with van der Waals surface area (Å²) in [4.78, 5) is 16.8.